The maximum Gasteiger partial charge on any atom is 0.226 e. The predicted octanol–water partition coefficient (Wildman–Crippen LogP) is 9.87. The average Bonchev–Trinajstić information content (AvgIpc) is 2.42. The van der Waals surface area contributed by atoms with Gasteiger partial charge < -0.3 is 0 Å². The van der Waals surface area contributed by atoms with Gasteiger partial charge >= 0.3 is 0 Å². The Labute approximate surface area is 213 Å². The molecule has 0 saturated heterocycles. The van der Waals surface area contributed by atoms with Crippen molar-refractivity contribution in [2.24, 2.45) is 5.92 Å². The maximum absolute atomic E-state index is 6.29. The van der Waals surface area contributed by atoms with Crippen molar-refractivity contribution in [2.45, 2.75) is 51.6 Å². The van der Waals surface area contributed by atoms with E-state index in [2.05, 4.69) is 6.92 Å². The van der Waals surface area contributed by atoms with Crippen molar-refractivity contribution >= 4 is 151 Å². The molecule has 0 nitrogen and oxygen atoms in total. The van der Waals surface area contributed by atoms with Crippen molar-refractivity contribution < 1.29 is 0 Å². The average molecular weight is 617 g/mol. The van der Waals surface area contributed by atoms with Crippen LogP contribution in [-0.2, 0) is 0 Å². The summed E-state index contributed by atoms with van der Waals surface area (Å²) in [6.07, 6.45) is 1.19. The lowest BCUT2D eigenvalue weighted by Gasteiger charge is -2.51. The van der Waals surface area contributed by atoms with Crippen molar-refractivity contribution in [3.05, 3.63) is 6.92 Å². The van der Waals surface area contributed by atoms with Gasteiger partial charge in [-0.2, -0.15) is 0 Å². The summed E-state index contributed by atoms with van der Waals surface area (Å²) in [5, 5.41) is 0. The Hall–Kier alpha value is 3.77. The lowest BCUT2D eigenvalue weighted by molar-refractivity contribution is 0.435. The van der Waals surface area contributed by atoms with Gasteiger partial charge in [0.1, 0.15) is 0 Å². The summed E-state index contributed by atoms with van der Waals surface area (Å²) in [6.45, 7) is 5.70. The van der Waals surface area contributed by atoms with Gasteiger partial charge in [0.05, 0.1) is 0 Å². The quantitative estimate of drug-likeness (QED) is 0.238. The summed E-state index contributed by atoms with van der Waals surface area (Å²) >= 11 is 79.2. The third kappa shape index (κ3) is 5.72. The van der Waals surface area contributed by atoms with E-state index in [9.17, 15) is 0 Å². The molecule has 0 aromatic carbocycles. The topological polar surface area (TPSA) is 0 Å². The summed E-state index contributed by atoms with van der Waals surface area (Å²) in [4.78, 5) is 0. The van der Waals surface area contributed by atoms with Crippen LogP contribution >= 0.6 is 151 Å². The standard InChI is InChI=1S/C12H12Cl13/c1-3-6(2)4-5-7(13,14)8(15,16)9(17,18)10(19,20)11(21,22)12(23,24)25/h6H,1,3-5H2,2H3. The van der Waals surface area contributed by atoms with E-state index >= 15 is 0 Å². The molecular formula is C12H12Cl13. The van der Waals surface area contributed by atoms with Crippen LogP contribution < -0.4 is 0 Å². The largest absolute Gasteiger partial charge is 0.226 e. The minimum atomic E-state index is -2.63. The molecule has 151 valence electrons. The summed E-state index contributed by atoms with van der Waals surface area (Å²) in [5.41, 5.74) is 0. The lowest BCUT2D eigenvalue weighted by Crippen LogP contribution is -2.65. The Kier molecular flexibility index (Phi) is 10.9. The second-order valence-electron chi connectivity index (χ2n) is 5.43. The molecule has 1 radical (unpaired) electrons. The molecule has 1 unspecified atom stereocenters. The van der Waals surface area contributed by atoms with E-state index in [1.165, 1.54) is 0 Å². The molecule has 1 atom stereocenters. The first kappa shape index (κ1) is 28.8. The SMILES string of the molecule is [CH2]CC(C)CCC(Cl)(Cl)C(Cl)(Cl)C(Cl)(Cl)C(Cl)(Cl)C(Cl)(Cl)C(Cl)(Cl)Cl. The zero-order valence-corrected chi connectivity index (χ0v) is 22.1. The smallest absolute Gasteiger partial charge is 0.0982 e. The van der Waals surface area contributed by atoms with Crippen LogP contribution in [0.2, 0.25) is 0 Å². The van der Waals surface area contributed by atoms with Crippen LogP contribution in [0.1, 0.15) is 26.2 Å². The fraction of sp³-hybridized carbons (Fsp3) is 0.917. The zero-order valence-electron chi connectivity index (χ0n) is 12.3. The Morgan fingerprint density at radius 1 is 0.640 bits per heavy atom. The van der Waals surface area contributed by atoms with Crippen LogP contribution in [0.3, 0.4) is 0 Å². The molecule has 0 N–H and O–H groups in total. The molecule has 0 aromatic heterocycles. The highest BCUT2D eigenvalue weighted by atomic mass is 35.6. The van der Waals surface area contributed by atoms with Gasteiger partial charge in [-0.1, -0.05) is 171 Å². The fourth-order valence-corrected chi connectivity index (χ4v) is 5.26. The van der Waals surface area contributed by atoms with Gasteiger partial charge in [0.2, 0.25) is 8.13 Å². The van der Waals surface area contributed by atoms with Crippen LogP contribution in [0.5, 0.6) is 0 Å². The number of halogens is 13. The van der Waals surface area contributed by atoms with Crippen molar-refractivity contribution in [1.29, 1.82) is 0 Å². The highest BCUT2D eigenvalue weighted by molar-refractivity contribution is 6.82. The molecule has 0 bridgehead atoms. The second-order valence-corrected chi connectivity index (χ2v) is 14.5. The van der Waals surface area contributed by atoms with Gasteiger partial charge in [0.15, 0.2) is 17.3 Å². The molecule has 0 amide bonds. The van der Waals surface area contributed by atoms with Crippen LogP contribution in [-0.4, -0.2) is 25.5 Å². The molecule has 0 aliphatic carbocycles. The first-order chi connectivity index (χ1) is 10.7. The molecule has 0 aromatic rings. The van der Waals surface area contributed by atoms with E-state index in [1.54, 1.807) is 0 Å². The molecular weight excluding hydrogens is 605 g/mol. The zero-order chi connectivity index (χ0) is 20.7. The minimum absolute atomic E-state index is 0.0657. The molecule has 0 rings (SSSR count). The van der Waals surface area contributed by atoms with Crippen molar-refractivity contribution in [3.8, 4) is 0 Å². The van der Waals surface area contributed by atoms with E-state index in [-0.39, 0.29) is 12.3 Å². The normalized spacial score (nSPS) is 16.9. The van der Waals surface area contributed by atoms with Crippen LogP contribution in [0.4, 0.5) is 0 Å². The fourth-order valence-electron chi connectivity index (χ4n) is 1.53. The lowest BCUT2D eigenvalue weighted by atomic mass is 9.98. The molecule has 0 fully saturated rings. The number of rotatable bonds is 8. The third-order valence-corrected chi connectivity index (χ3v) is 12.0. The molecule has 0 spiro atoms. The summed E-state index contributed by atoms with van der Waals surface area (Å²) < 4.78 is -14.5. The van der Waals surface area contributed by atoms with Gasteiger partial charge in [-0.15, -0.1) is 0 Å². The van der Waals surface area contributed by atoms with Crippen molar-refractivity contribution in [2.75, 3.05) is 0 Å². The predicted molar refractivity (Wildman–Crippen MR) is 121 cm³/mol. The number of hydrogen-bond acceptors (Lipinski definition) is 0. The molecule has 25 heavy (non-hydrogen) atoms. The van der Waals surface area contributed by atoms with Gasteiger partial charge in [0, 0.05) is 0 Å². The van der Waals surface area contributed by atoms with Crippen LogP contribution in [0.25, 0.3) is 0 Å². The van der Waals surface area contributed by atoms with Gasteiger partial charge in [-0.05, 0) is 18.8 Å². The molecule has 0 aliphatic rings. The Balaban J connectivity index is 5.95. The van der Waals surface area contributed by atoms with E-state index in [0.29, 0.717) is 12.8 Å². The third-order valence-electron chi connectivity index (χ3n) is 3.44. The minimum Gasteiger partial charge on any atom is -0.0982 e. The van der Waals surface area contributed by atoms with E-state index < -0.39 is 25.5 Å². The Morgan fingerprint density at radius 3 is 1.32 bits per heavy atom. The monoisotopic (exact) mass is 611 g/mol. The highest BCUT2D eigenvalue weighted by Gasteiger charge is 2.76. The summed E-state index contributed by atoms with van der Waals surface area (Å²) in [6, 6.07) is 0. The summed E-state index contributed by atoms with van der Waals surface area (Å²) in [5.74, 6) is 0.166. The molecule has 13 heteroatoms. The molecule has 0 aliphatic heterocycles. The number of hydrogen-bond donors (Lipinski definition) is 0. The van der Waals surface area contributed by atoms with Crippen LogP contribution in [0, 0.1) is 12.8 Å². The van der Waals surface area contributed by atoms with E-state index in [1.807, 2.05) is 6.92 Å². The van der Waals surface area contributed by atoms with Crippen LogP contribution in [0.15, 0.2) is 0 Å². The van der Waals surface area contributed by atoms with Crippen molar-refractivity contribution in [3.63, 3.8) is 0 Å². The van der Waals surface area contributed by atoms with Gasteiger partial charge in [0.25, 0.3) is 0 Å². The first-order valence-electron chi connectivity index (χ1n) is 6.45. The maximum atomic E-state index is 6.29. The first-order valence-corrected chi connectivity index (χ1v) is 11.4. The molecule has 0 saturated carbocycles. The number of alkyl halides is 13. The van der Waals surface area contributed by atoms with E-state index in [0.717, 1.165) is 0 Å². The summed E-state index contributed by atoms with van der Waals surface area (Å²) in [7, 11) is 0. The second kappa shape index (κ2) is 9.50. The van der Waals surface area contributed by atoms with Gasteiger partial charge in [-0.3, -0.25) is 0 Å². The Bertz CT molecular complexity index is 448. The van der Waals surface area contributed by atoms with E-state index in [4.69, 9.17) is 151 Å². The van der Waals surface area contributed by atoms with Crippen molar-refractivity contribution in [1.82, 2.24) is 0 Å². The Morgan fingerprint density at radius 2 is 1.00 bits per heavy atom. The molecule has 0 heterocycles. The van der Waals surface area contributed by atoms with Gasteiger partial charge in [-0.25, -0.2) is 0 Å². The highest BCUT2D eigenvalue weighted by Crippen LogP contribution is 2.69.